The Bertz CT molecular complexity index is 574. The Labute approximate surface area is 138 Å². The second-order valence-corrected chi connectivity index (χ2v) is 6.17. The van der Waals surface area contributed by atoms with Gasteiger partial charge in [0.2, 0.25) is 5.91 Å². The number of carbonyl (C=O) groups is 2. The maximum Gasteiger partial charge on any atom is 0.391 e. The molecule has 1 saturated carbocycles. The van der Waals surface area contributed by atoms with Gasteiger partial charge in [-0.3, -0.25) is 9.59 Å². The molecule has 3 unspecified atom stereocenters. The molecule has 1 aromatic rings. The van der Waals surface area contributed by atoms with E-state index in [0.717, 1.165) is 0 Å². The average molecular weight is 343 g/mol. The first-order valence-corrected chi connectivity index (χ1v) is 7.91. The molecule has 4 nitrogen and oxygen atoms in total. The first-order valence-electron chi connectivity index (χ1n) is 7.91. The second kappa shape index (κ2) is 7.68. The van der Waals surface area contributed by atoms with E-state index in [1.807, 2.05) is 0 Å². The van der Waals surface area contributed by atoms with Gasteiger partial charge in [-0.2, -0.15) is 13.2 Å². The normalized spacial score (nSPS) is 22.6. The van der Waals surface area contributed by atoms with Crippen molar-refractivity contribution in [2.75, 3.05) is 0 Å². The molecule has 0 radical (unpaired) electrons. The third-order valence-electron chi connectivity index (χ3n) is 4.41. The molecule has 132 valence electrons. The van der Waals surface area contributed by atoms with Crippen LogP contribution in [0.4, 0.5) is 13.2 Å². The minimum Gasteiger partial charge on any atom is -0.481 e. The SMILES string of the molecule is O=C(O)CC(NC(=O)C1CCCC(C(F)(F)F)C1)c1ccccc1. The fourth-order valence-electron chi connectivity index (χ4n) is 3.13. The number of benzene rings is 1. The summed E-state index contributed by atoms with van der Waals surface area (Å²) in [6, 6.07) is 7.83. The monoisotopic (exact) mass is 343 g/mol. The van der Waals surface area contributed by atoms with Crippen LogP contribution in [0.1, 0.15) is 43.7 Å². The van der Waals surface area contributed by atoms with E-state index in [0.29, 0.717) is 18.4 Å². The third kappa shape index (κ3) is 4.97. The van der Waals surface area contributed by atoms with Crippen LogP contribution < -0.4 is 5.32 Å². The van der Waals surface area contributed by atoms with E-state index in [-0.39, 0.29) is 19.3 Å². The number of amides is 1. The van der Waals surface area contributed by atoms with Crippen molar-refractivity contribution < 1.29 is 27.9 Å². The third-order valence-corrected chi connectivity index (χ3v) is 4.41. The predicted octanol–water partition coefficient (Wildman–Crippen LogP) is 3.69. The van der Waals surface area contributed by atoms with Gasteiger partial charge >= 0.3 is 12.1 Å². The molecule has 1 fully saturated rings. The van der Waals surface area contributed by atoms with Crippen LogP contribution >= 0.6 is 0 Å². The molecule has 1 aliphatic rings. The van der Waals surface area contributed by atoms with Crippen molar-refractivity contribution in [1.29, 1.82) is 0 Å². The highest BCUT2D eigenvalue weighted by Crippen LogP contribution is 2.40. The summed E-state index contributed by atoms with van der Waals surface area (Å²) in [6.07, 6.45) is -4.05. The fourth-order valence-corrected chi connectivity index (χ4v) is 3.13. The van der Waals surface area contributed by atoms with Crippen molar-refractivity contribution in [3.63, 3.8) is 0 Å². The van der Waals surface area contributed by atoms with Gasteiger partial charge in [-0.15, -0.1) is 0 Å². The van der Waals surface area contributed by atoms with Crippen LogP contribution in [0.5, 0.6) is 0 Å². The van der Waals surface area contributed by atoms with E-state index in [4.69, 9.17) is 5.11 Å². The standard InChI is InChI=1S/C17H20F3NO3/c18-17(19,20)13-8-4-7-12(9-13)16(24)21-14(10-15(22)23)11-5-2-1-3-6-11/h1-3,5-6,12-14H,4,7-10H2,(H,21,24)(H,22,23). The Morgan fingerprint density at radius 3 is 2.46 bits per heavy atom. The van der Waals surface area contributed by atoms with Crippen LogP contribution in [0.3, 0.4) is 0 Å². The number of hydrogen-bond donors (Lipinski definition) is 2. The van der Waals surface area contributed by atoms with Crippen molar-refractivity contribution in [3.8, 4) is 0 Å². The van der Waals surface area contributed by atoms with Gasteiger partial charge in [-0.05, 0) is 24.8 Å². The zero-order valence-corrected chi connectivity index (χ0v) is 13.1. The van der Waals surface area contributed by atoms with E-state index in [1.165, 1.54) is 0 Å². The van der Waals surface area contributed by atoms with E-state index in [9.17, 15) is 22.8 Å². The zero-order valence-electron chi connectivity index (χ0n) is 13.1. The van der Waals surface area contributed by atoms with Gasteiger partial charge in [0.15, 0.2) is 0 Å². The van der Waals surface area contributed by atoms with Gasteiger partial charge in [0.05, 0.1) is 18.4 Å². The number of nitrogens with one attached hydrogen (secondary N) is 1. The Morgan fingerprint density at radius 1 is 1.21 bits per heavy atom. The molecule has 1 aliphatic carbocycles. The summed E-state index contributed by atoms with van der Waals surface area (Å²) in [7, 11) is 0. The molecule has 1 aromatic carbocycles. The summed E-state index contributed by atoms with van der Waals surface area (Å²) in [4.78, 5) is 23.4. The minimum absolute atomic E-state index is 0.0462. The summed E-state index contributed by atoms with van der Waals surface area (Å²) >= 11 is 0. The molecule has 0 aliphatic heterocycles. The number of carboxylic acid groups (broad SMARTS) is 1. The number of carbonyl (C=O) groups excluding carboxylic acids is 1. The number of alkyl halides is 3. The average Bonchev–Trinajstić information content (AvgIpc) is 2.54. The first-order chi connectivity index (χ1) is 11.3. The van der Waals surface area contributed by atoms with Gasteiger partial charge in [-0.1, -0.05) is 36.8 Å². The maximum absolute atomic E-state index is 12.9. The highest BCUT2D eigenvalue weighted by atomic mass is 19.4. The van der Waals surface area contributed by atoms with Gasteiger partial charge < -0.3 is 10.4 Å². The molecule has 1 amide bonds. The molecule has 0 aromatic heterocycles. The minimum atomic E-state index is -4.29. The highest BCUT2D eigenvalue weighted by Gasteiger charge is 2.43. The lowest BCUT2D eigenvalue weighted by Gasteiger charge is -2.30. The topological polar surface area (TPSA) is 66.4 Å². The van der Waals surface area contributed by atoms with Crippen LogP contribution in [0.25, 0.3) is 0 Å². The zero-order chi connectivity index (χ0) is 17.7. The van der Waals surface area contributed by atoms with Crippen LogP contribution in [-0.4, -0.2) is 23.2 Å². The summed E-state index contributed by atoms with van der Waals surface area (Å²) in [5.41, 5.74) is 0.622. The number of hydrogen-bond acceptors (Lipinski definition) is 2. The molecule has 0 bridgehead atoms. The molecule has 0 saturated heterocycles. The van der Waals surface area contributed by atoms with Crippen molar-refractivity contribution >= 4 is 11.9 Å². The predicted molar refractivity (Wildman–Crippen MR) is 81.1 cm³/mol. The van der Waals surface area contributed by atoms with E-state index in [1.54, 1.807) is 30.3 Å². The second-order valence-electron chi connectivity index (χ2n) is 6.17. The van der Waals surface area contributed by atoms with Crippen molar-refractivity contribution in [2.24, 2.45) is 11.8 Å². The summed E-state index contributed by atoms with van der Waals surface area (Å²) in [5.74, 6) is -3.78. The summed E-state index contributed by atoms with van der Waals surface area (Å²) in [5, 5.41) is 11.6. The Hall–Kier alpha value is -2.05. The lowest BCUT2D eigenvalue weighted by atomic mass is 9.80. The lowest BCUT2D eigenvalue weighted by molar-refractivity contribution is -0.186. The molecule has 2 N–H and O–H groups in total. The molecule has 2 rings (SSSR count). The Morgan fingerprint density at radius 2 is 1.88 bits per heavy atom. The largest absolute Gasteiger partial charge is 0.481 e. The van der Waals surface area contributed by atoms with Crippen molar-refractivity contribution in [3.05, 3.63) is 35.9 Å². The van der Waals surface area contributed by atoms with Gasteiger partial charge in [0.1, 0.15) is 0 Å². The van der Waals surface area contributed by atoms with Gasteiger partial charge in [0, 0.05) is 5.92 Å². The van der Waals surface area contributed by atoms with Crippen LogP contribution in [0.2, 0.25) is 0 Å². The highest BCUT2D eigenvalue weighted by molar-refractivity contribution is 5.80. The quantitative estimate of drug-likeness (QED) is 0.857. The van der Waals surface area contributed by atoms with E-state index >= 15 is 0 Å². The molecule has 0 heterocycles. The number of aliphatic carboxylic acids is 1. The van der Waals surface area contributed by atoms with Crippen molar-refractivity contribution in [1.82, 2.24) is 5.32 Å². The maximum atomic E-state index is 12.9. The summed E-state index contributed by atoms with van der Waals surface area (Å²) in [6.45, 7) is 0. The molecule has 7 heteroatoms. The summed E-state index contributed by atoms with van der Waals surface area (Å²) < 4.78 is 38.6. The number of halogens is 3. The van der Waals surface area contributed by atoms with Crippen LogP contribution in [-0.2, 0) is 9.59 Å². The smallest absolute Gasteiger partial charge is 0.391 e. The lowest BCUT2D eigenvalue weighted by Crippen LogP contribution is -2.39. The first kappa shape index (κ1) is 18.3. The van der Waals surface area contributed by atoms with Crippen LogP contribution in [0.15, 0.2) is 30.3 Å². The van der Waals surface area contributed by atoms with Gasteiger partial charge in [-0.25, -0.2) is 0 Å². The number of carboxylic acids is 1. The van der Waals surface area contributed by atoms with E-state index < -0.39 is 35.9 Å². The van der Waals surface area contributed by atoms with Crippen LogP contribution in [0, 0.1) is 11.8 Å². The molecular formula is C17H20F3NO3. The molecule has 3 atom stereocenters. The van der Waals surface area contributed by atoms with Gasteiger partial charge in [0.25, 0.3) is 0 Å². The van der Waals surface area contributed by atoms with Crippen molar-refractivity contribution in [2.45, 2.75) is 44.3 Å². The Balaban J connectivity index is 2.06. The Kier molecular flexibility index (Phi) is 5.85. The number of rotatable bonds is 5. The fraction of sp³-hybridized carbons (Fsp3) is 0.529. The molecular weight excluding hydrogens is 323 g/mol. The molecule has 24 heavy (non-hydrogen) atoms. The van der Waals surface area contributed by atoms with E-state index in [2.05, 4.69) is 5.32 Å². The molecule has 0 spiro atoms.